The summed E-state index contributed by atoms with van der Waals surface area (Å²) in [6.45, 7) is 0. The molecule has 0 saturated carbocycles. The first-order chi connectivity index (χ1) is 9.63. The number of carbonyl (C=O) groups is 1. The normalized spacial score (nSPS) is 16.4. The molecule has 0 aliphatic carbocycles. The lowest BCUT2D eigenvalue weighted by molar-refractivity contribution is -0.116. The van der Waals surface area contributed by atoms with Gasteiger partial charge in [-0.3, -0.25) is 4.79 Å². The Hall–Kier alpha value is -2.56. The average molecular weight is 272 g/mol. The molecule has 102 valence electrons. The van der Waals surface area contributed by atoms with E-state index >= 15 is 0 Å². The van der Waals surface area contributed by atoms with E-state index in [1.807, 2.05) is 24.3 Å². The molecule has 1 heterocycles. The van der Waals surface area contributed by atoms with Crippen LogP contribution in [0.25, 0.3) is 0 Å². The molecule has 3 N–H and O–H groups in total. The van der Waals surface area contributed by atoms with E-state index in [0.29, 0.717) is 12.1 Å². The number of phenolic OH excluding ortho intramolecular Hbond substituents is 1. The van der Waals surface area contributed by atoms with Crippen molar-refractivity contribution in [3.05, 3.63) is 53.8 Å². The van der Waals surface area contributed by atoms with Crippen molar-refractivity contribution in [3.63, 3.8) is 0 Å². The maximum Gasteiger partial charge on any atom is 0.247 e. The van der Waals surface area contributed by atoms with E-state index < -0.39 is 11.6 Å². The standard InChI is InChI=1S/C15H13FN2O2/c16-11-8-10(5-6-14(11)19)17-15(20)13-7-9-3-1-2-4-12(9)18-13/h1-6,8,13,18-19H,7H2,(H,17,20)/t13-/m0/s1. The number of hydrogen-bond donors (Lipinski definition) is 3. The molecule has 1 atom stereocenters. The molecule has 1 amide bonds. The van der Waals surface area contributed by atoms with Crippen molar-refractivity contribution in [1.82, 2.24) is 0 Å². The Kier molecular flexibility index (Phi) is 3.02. The van der Waals surface area contributed by atoms with Crippen LogP contribution in [0.3, 0.4) is 0 Å². The van der Waals surface area contributed by atoms with Crippen LogP contribution in [0.5, 0.6) is 5.75 Å². The molecule has 1 aliphatic rings. The van der Waals surface area contributed by atoms with Gasteiger partial charge in [0.2, 0.25) is 5.91 Å². The van der Waals surface area contributed by atoms with Gasteiger partial charge in [0.05, 0.1) is 0 Å². The zero-order chi connectivity index (χ0) is 14.1. The van der Waals surface area contributed by atoms with Crippen LogP contribution in [-0.2, 0) is 11.2 Å². The van der Waals surface area contributed by atoms with Gasteiger partial charge in [-0.05, 0) is 23.8 Å². The number of carbonyl (C=O) groups excluding carboxylic acids is 1. The fraction of sp³-hybridized carbons (Fsp3) is 0.133. The van der Waals surface area contributed by atoms with Crippen LogP contribution in [-0.4, -0.2) is 17.1 Å². The second-order valence-corrected chi connectivity index (χ2v) is 4.71. The van der Waals surface area contributed by atoms with Crippen LogP contribution < -0.4 is 10.6 Å². The van der Waals surface area contributed by atoms with Crippen LogP contribution in [0.4, 0.5) is 15.8 Å². The molecule has 0 bridgehead atoms. The number of rotatable bonds is 2. The van der Waals surface area contributed by atoms with Crippen LogP contribution >= 0.6 is 0 Å². The van der Waals surface area contributed by atoms with E-state index in [1.165, 1.54) is 12.1 Å². The summed E-state index contributed by atoms with van der Waals surface area (Å²) >= 11 is 0. The fourth-order valence-corrected chi connectivity index (χ4v) is 2.27. The minimum absolute atomic E-state index is 0.230. The molecular formula is C15H13FN2O2. The highest BCUT2D eigenvalue weighted by Crippen LogP contribution is 2.26. The van der Waals surface area contributed by atoms with Gasteiger partial charge < -0.3 is 15.7 Å². The summed E-state index contributed by atoms with van der Waals surface area (Å²) < 4.78 is 13.2. The predicted molar refractivity (Wildman–Crippen MR) is 74.3 cm³/mol. The summed E-state index contributed by atoms with van der Waals surface area (Å²) in [5, 5.41) is 14.9. The number of fused-ring (bicyclic) bond motifs is 1. The number of anilines is 2. The van der Waals surface area contributed by atoms with Gasteiger partial charge in [-0.1, -0.05) is 18.2 Å². The van der Waals surface area contributed by atoms with Gasteiger partial charge in [0, 0.05) is 23.9 Å². The molecule has 0 saturated heterocycles. The minimum Gasteiger partial charge on any atom is -0.505 e. The Morgan fingerprint density at radius 3 is 2.85 bits per heavy atom. The predicted octanol–water partition coefficient (Wildman–Crippen LogP) is 2.51. The lowest BCUT2D eigenvalue weighted by Gasteiger charge is -2.12. The first-order valence-electron chi connectivity index (χ1n) is 6.27. The van der Waals surface area contributed by atoms with Crippen molar-refractivity contribution in [3.8, 4) is 5.75 Å². The monoisotopic (exact) mass is 272 g/mol. The number of phenols is 1. The van der Waals surface area contributed by atoms with E-state index in [1.54, 1.807) is 0 Å². The lowest BCUT2D eigenvalue weighted by Crippen LogP contribution is -2.32. The largest absolute Gasteiger partial charge is 0.505 e. The van der Waals surface area contributed by atoms with Crippen LogP contribution in [0, 0.1) is 5.82 Å². The third-order valence-corrected chi connectivity index (χ3v) is 3.30. The van der Waals surface area contributed by atoms with Crippen molar-refractivity contribution in [2.75, 3.05) is 10.6 Å². The summed E-state index contributed by atoms with van der Waals surface area (Å²) in [5.74, 6) is -1.42. The molecule has 0 aromatic heterocycles. The Bertz CT molecular complexity index is 648. The zero-order valence-corrected chi connectivity index (χ0v) is 10.6. The summed E-state index contributed by atoms with van der Waals surface area (Å²) in [6, 6.07) is 11.1. The number of para-hydroxylation sites is 1. The maximum absolute atomic E-state index is 13.2. The Morgan fingerprint density at radius 2 is 2.10 bits per heavy atom. The molecule has 0 spiro atoms. The van der Waals surface area contributed by atoms with Gasteiger partial charge in [0.15, 0.2) is 11.6 Å². The summed E-state index contributed by atoms with van der Waals surface area (Å²) in [7, 11) is 0. The van der Waals surface area contributed by atoms with E-state index in [2.05, 4.69) is 10.6 Å². The molecule has 0 unspecified atom stereocenters. The topological polar surface area (TPSA) is 61.4 Å². The SMILES string of the molecule is O=C(Nc1ccc(O)c(F)c1)[C@@H]1Cc2ccccc2N1. The van der Waals surface area contributed by atoms with Crippen LogP contribution in [0.1, 0.15) is 5.56 Å². The van der Waals surface area contributed by atoms with Gasteiger partial charge in [-0.25, -0.2) is 4.39 Å². The van der Waals surface area contributed by atoms with Crippen molar-refractivity contribution < 1.29 is 14.3 Å². The Labute approximate surface area is 115 Å². The van der Waals surface area contributed by atoms with Crippen molar-refractivity contribution in [2.45, 2.75) is 12.5 Å². The summed E-state index contributed by atoms with van der Waals surface area (Å²) in [4.78, 5) is 12.1. The summed E-state index contributed by atoms with van der Waals surface area (Å²) in [5.41, 5.74) is 2.36. The highest BCUT2D eigenvalue weighted by molar-refractivity contribution is 5.98. The molecule has 2 aromatic rings. The highest BCUT2D eigenvalue weighted by atomic mass is 19.1. The molecule has 0 radical (unpaired) electrons. The zero-order valence-electron chi connectivity index (χ0n) is 10.6. The van der Waals surface area contributed by atoms with E-state index in [0.717, 1.165) is 17.3 Å². The van der Waals surface area contributed by atoms with Crippen molar-refractivity contribution in [2.24, 2.45) is 0 Å². The molecule has 1 aliphatic heterocycles. The minimum atomic E-state index is -0.759. The fourth-order valence-electron chi connectivity index (χ4n) is 2.27. The average Bonchev–Trinajstić information content (AvgIpc) is 2.87. The Balaban J connectivity index is 1.71. The smallest absolute Gasteiger partial charge is 0.247 e. The first-order valence-corrected chi connectivity index (χ1v) is 6.27. The summed E-state index contributed by atoms with van der Waals surface area (Å²) in [6.07, 6.45) is 0.600. The number of aromatic hydroxyl groups is 1. The molecule has 20 heavy (non-hydrogen) atoms. The number of hydrogen-bond acceptors (Lipinski definition) is 3. The van der Waals surface area contributed by atoms with Crippen molar-refractivity contribution >= 4 is 17.3 Å². The van der Waals surface area contributed by atoms with E-state index in [4.69, 9.17) is 5.11 Å². The van der Waals surface area contributed by atoms with Gasteiger partial charge in [-0.2, -0.15) is 0 Å². The maximum atomic E-state index is 13.2. The first kappa shape index (κ1) is 12.5. The quantitative estimate of drug-likeness (QED) is 0.736. The number of halogens is 1. The number of amides is 1. The molecule has 4 nitrogen and oxygen atoms in total. The molecular weight excluding hydrogens is 259 g/mol. The Morgan fingerprint density at radius 1 is 1.30 bits per heavy atom. The molecule has 5 heteroatoms. The van der Waals surface area contributed by atoms with Gasteiger partial charge in [-0.15, -0.1) is 0 Å². The number of nitrogens with one attached hydrogen (secondary N) is 2. The van der Waals surface area contributed by atoms with Gasteiger partial charge >= 0.3 is 0 Å². The van der Waals surface area contributed by atoms with Gasteiger partial charge in [0.1, 0.15) is 6.04 Å². The van der Waals surface area contributed by atoms with Crippen LogP contribution in [0.2, 0.25) is 0 Å². The molecule has 2 aromatic carbocycles. The van der Waals surface area contributed by atoms with E-state index in [-0.39, 0.29) is 11.9 Å². The number of benzene rings is 2. The third kappa shape index (κ3) is 2.30. The third-order valence-electron chi connectivity index (χ3n) is 3.30. The highest BCUT2D eigenvalue weighted by Gasteiger charge is 2.26. The lowest BCUT2D eigenvalue weighted by atomic mass is 10.1. The van der Waals surface area contributed by atoms with E-state index in [9.17, 15) is 9.18 Å². The van der Waals surface area contributed by atoms with Crippen LogP contribution in [0.15, 0.2) is 42.5 Å². The second-order valence-electron chi connectivity index (χ2n) is 4.71. The van der Waals surface area contributed by atoms with Crippen molar-refractivity contribution in [1.29, 1.82) is 0 Å². The molecule has 0 fully saturated rings. The van der Waals surface area contributed by atoms with Gasteiger partial charge in [0.25, 0.3) is 0 Å². The molecule has 3 rings (SSSR count). The second kappa shape index (κ2) is 4.85.